The van der Waals surface area contributed by atoms with Crippen molar-refractivity contribution >= 4 is 35.0 Å². The van der Waals surface area contributed by atoms with Gasteiger partial charge in [-0.15, -0.1) is 0 Å². The first kappa shape index (κ1) is 13.5. The topological polar surface area (TPSA) is 35.0 Å². The van der Waals surface area contributed by atoms with E-state index in [1.54, 1.807) is 7.11 Å². The lowest BCUT2D eigenvalue weighted by Gasteiger charge is -2.03. The molecular weight excluding hydrogens is 291 g/mol. The molecule has 0 aliphatic heterocycles. The summed E-state index contributed by atoms with van der Waals surface area (Å²) >= 11 is 13.1. The fourth-order valence-electron chi connectivity index (χ4n) is 1.30. The molecule has 1 aromatic carbocycles. The van der Waals surface area contributed by atoms with Gasteiger partial charge in [-0.1, -0.05) is 47.1 Å². The van der Waals surface area contributed by atoms with Crippen LogP contribution in [0.3, 0.4) is 0 Å². The van der Waals surface area contributed by atoms with Gasteiger partial charge in [-0.05, 0) is 17.7 Å². The van der Waals surface area contributed by atoms with Crippen molar-refractivity contribution in [1.82, 2.24) is 9.97 Å². The Bertz CT molecular complexity index is 514. The average Bonchev–Trinajstić information content (AvgIpc) is 2.36. The van der Waals surface area contributed by atoms with E-state index in [9.17, 15) is 0 Å². The second-order valence-electron chi connectivity index (χ2n) is 3.43. The number of halogens is 2. The molecule has 2 rings (SSSR count). The molecule has 3 nitrogen and oxygen atoms in total. The number of hydrogen-bond donors (Lipinski definition) is 0. The molecule has 0 aliphatic carbocycles. The summed E-state index contributed by atoms with van der Waals surface area (Å²) in [5.41, 5.74) is 1.15. The molecule has 94 valence electrons. The fourth-order valence-corrected chi connectivity index (χ4v) is 2.64. The zero-order valence-electron chi connectivity index (χ0n) is 9.56. The van der Waals surface area contributed by atoms with Crippen LogP contribution in [-0.2, 0) is 5.75 Å². The highest BCUT2D eigenvalue weighted by Gasteiger charge is 2.03. The molecule has 0 radical (unpaired) electrons. The summed E-state index contributed by atoms with van der Waals surface area (Å²) in [6, 6.07) is 9.35. The van der Waals surface area contributed by atoms with Crippen LogP contribution in [0.4, 0.5) is 0 Å². The van der Waals surface area contributed by atoms with Crippen molar-refractivity contribution in [2.75, 3.05) is 7.11 Å². The number of aromatic nitrogens is 2. The molecular formula is C12H10Cl2N2OS. The van der Waals surface area contributed by atoms with Crippen molar-refractivity contribution in [3.05, 3.63) is 46.2 Å². The Morgan fingerprint density at radius 1 is 1.11 bits per heavy atom. The Morgan fingerprint density at radius 2 is 1.72 bits per heavy atom. The number of nitrogens with zero attached hydrogens (tertiary/aromatic N) is 2. The predicted molar refractivity (Wildman–Crippen MR) is 74.6 cm³/mol. The van der Waals surface area contributed by atoms with Crippen molar-refractivity contribution in [2.24, 2.45) is 0 Å². The van der Waals surface area contributed by atoms with Crippen LogP contribution in [0.1, 0.15) is 5.56 Å². The van der Waals surface area contributed by atoms with Crippen LogP contribution in [0.15, 0.2) is 35.5 Å². The van der Waals surface area contributed by atoms with Crippen molar-refractivity contribution in [1.29, 1.82) is 0 Å². The van der Waals surface area contributed by atoms with Crippen molar-refractivity contribution < 1.29 is 4.74 Å². The molecule has 0 fully saturated rings. The molecule has 0 amide bonds. The van der Waals surface area contributed by atoms with Gasteiger partial charge in [-0.3, -0.25) is 0 Å². The summed E-state index contributed by atoms with van der Waals surface area (Å²) in [5, 5.41) is 1.28. The molecule has 0 aliphatic rings. The van der Waals surface area contributed by atoms with Crippen LogP contribution in [0.2, 0.25) is 10.3 Å². The molecule has 2 aromatic rings. The van der Waals surface area contributed by atoms with E-state index in [1.807, 2.05) is 24.3 Å². The number of thioether (sulfide) groups is 1. The van der Waals surface area contributed by atoms with Crippen LogP contribution in [-0.4, -0.2) is 17.1 Å². The van der Waals surface area contributed by atoms with Crippen molar-refractivity contribution in [2.45, 2.75) is 10.9 Å². The smallest absolute Gasteiger partial charge is 0.190 e. The molecule has 1 heterocycles. The van der Waals surface area contributed by atoms with Gasteiger partial charge in [0.05, 0.1) is 7.11 Å². The summed E-state index contributed by atoms with van der Waals surface area (Å²) in [7, 11) is 1.64. The zero-order valence-corrected chi connectivity index (χ0v) is 11.9. The number of benzene rings is 1. The lowest BCUT2D eigenvalue weighted by atomic mass is 10.2. The minimum atomic E-state index is 0.354. The first-order valence-corrected chi connectivity index (χ1v) is 6.87. The van der Waals surface area contributed by atoms with Crippen molar-refractivity contribution in [3.63, 3.8) is 0 Å². The Balaban J connectivity index is 2.01. The van der Waals surface area contributed by atoms with Crippen LogP contribution >= 0.6 is 35.0 Å². The van der Waals surface area contributed by atoms with E-state index in [0.717, 1.165) is 17.1 Å². The van der Waals surface area contributed by atoms with E-state index >= 15 is 0 Å². The molecule has 0 unspecified atom stereocenters. The maximum Gasteiger partial charge on any atom is 0.190 e. The van der Waals surface area contributed by atoms with E-state index in [4.69, 9.17) is 27.9 Å². The molecule has 18 heavy (non-hydrogen) atoms. The summed E-state index contributed by atoms with van der Waals surface area (Å²) < 4.78 is 5.10. The third-order valence-corrected chi connectivity index (χ3v) is 3.48. The average molecular weight is 301 g/mol. The Morgan fingerprint density at radius 3 is 2.28 bits per heavy atom. The van der Waals surface area contributed by atoms with Crippen LogP contribution < -0.4 is 4.74 Å². The fraction of sp³-hybridized carbons (Fsp3) is 0.167. The van der Waals surface area contributed by atoms with Gasteiger partial charge in [0.1, 0.15) is 16.1 Å². The second kappa shape index (κ2) is 6.27. The second-order valence-corrected chi connectivity index (χ2v) is 5.15. The highest BCUT2D eigenvalue weighted by Crippen LogP contribution is 2.23. The molecule has 0 atom stereocenters. The third-order valence-electron chi connectivity index (χ3n) is 2.17. The van der Waals surface area contributed by atoms with Gasteiger partial charge in [-0.2, -0.15) is 0 Å². The normalized spacial score (nSPS) is 10.4. The number of hydrogen-bond acceptors (Lipinski definition) is 4. The number of methoxy groups -OCH3 is 1. The van der Waals surface area contributed by atoms with E-state index in [2.05, 4.69) is 9.97 Å². The van der Waals surface area contributed by atoms with E-state index in [0.29, 0.717) is 15.5 Å². The molecule has 6 heteroatoms. The highest BCUT2D eigenvalue weighted by molar-refractivity contribution is 7.98. The standard InChI is InChI=1S/C12H10Cl2N2OS/c1-17-9-4-2-8(3-5-9)7-18-12-15-10(13)6-11(14)16-12/h2-6H,7H2,1H3. The van der Waals surface area contributed by atoms with E-state index < -0.39 is 0 Å². The summed E-state index contributed by atoms with van der Waals surface area (Å²) in [6.45, 7) is 0. The maximum absolute atomic E-state index is 5.81. The predicted octanol–water partition coefficient (Wildman–Crippen LogP) is 4.08. The van der Waals surface area contributed by atoms with Gasteiger partial charge in [0.2, 0.25) is 0 Å². The number of ether oxygens (including phenoxy) is 1. The molecule has 0 saturated heterocycles. The monoisotopic (exact) mass is 300 g/mol. The summed E-state index contributed by atoms with van der Waals surface area (Å²) in [4.78, 5) is 8.18. The van der Waals surface area contributed by atoms with Gasteiger partial charge in [-0.25, -0.2) is 9.97 Å². The lowest BCUT2D eigenvalue weighted by molar-refractivity contribution is 0.414. The van der Waals surface area contributed by atoms with Crippen LogP contribution in [0.25, 0.3) is 0 Å². The molecule has 1 aromatic heterocycles. The quantitative estimate of drug-likeness (QED) is 0.484. The Kier molecular flexibility index (Phi) is 4.69. The van der Waals surface area contributed by atoms with Gasteiger partial charge >= 0.3 is 0 Å². The maximum atomic E-state index is 5.81. The zero-order chi connectivity index (χ0) is 13.0. The van der Waals surface area contributed by atoms with Gasteiger partial charge in [0.25, 0.3) is 0 Å². The van der Waals surface area contributed by atoms with Crippen molar-refractivity contribution in [3.8, 4) is 5.75 Å². The minimum Gasteiger partial charge on any atom is -0.497 e. The molecule has 0 spiro atoms. The highest BCUT2D eigenvalue weighted by atomic mass is 35.5. The van der Waals surface area contributed by atoms with Gasteiger partial charge < -0.3 is 4.74 Å². The van der Waals surface area contributed by atoms with Crippen LogP contribution in [0.5, 0.6) is 5.75 Å². The molecule has 0 saturated carbocycles. The largest absolute Gasteiger partial charge is 0.497 e. The third kappa shape index (κ3) is 3.77. The molecule has 0 bridgehead atoms. The first-order chi connectivity index (χ1) is 8.67. The minimum absolute atomic E-state index is 0.354. The SMILES string of the molecule is COc1ccc(CSc2nc(Cl)cc(Cl)n2)cc1. The Hall–Kier alpha value is -0.970. The van der Waals surface area contributed by atoms with Gasteiger partial charge in [0.15, 0.2) is 5.16 Å². The number of rotatable bonds is 4. The van der Waals surface area contributed by atoms with E-state index in [-0.39, 0.29) is 0 Å². The van der Waals surface area contributed by atoms with E-state index in [1.165, 1.54) is 17.8 Å². The van der Waals surface area contributed by atoms with Gasteiger partial charge in [0, 0.05) is 11.8 Å². The first-order valence-electron chi connectivity index (χ1n) is 5.13. The van der Waals surface area contributed by atoms with Crippen LogP contribution in [0, 0.1) is 0 Å². The molecule has 0 N–H and O–H groups in total. The summed E-state index contributed by atoms with van der Waals surface area (Å²) in [5.74, 6) is 1.59. The lowest BCUT2D eigenvalue weighted by Crippen LogP contribution is -1.89. The summed E-state index contributed by atoms with van der Waals surface area (Å²) in [6.07, 6.45) is 0. The Labute approximate surface area is 120 Å².